The zero-order valence-corrected chi connectivity index (χ0v) is 15.5. The minimum atomic E-state index is -1.12. The van der Waals surface area contributed by atoms with Gasteiger partial charge in [0.1, 0.15) is 0 Å². The number of fused-ring (bicyclic) bond motifs is 5. The third-order valence-corrected chi connectivity index (χ3v) is 4.91. The van der Waals surface area contributed by atoms with Crippen molar-refractivity contribution in [2.75, 3.05) is 0 Å². The largest absolute Gasteiger partial charge is 0.476 e. The molecule has 0 spiro atoms. The number of aromatic carboxylic acids is 1. The molecule has 0 saturated heterocycles. The van der Waals surface area contributed by atoms with Crippen LogP contribution in [0.2, 0.25) is 0 Å². The number of pyridine rings is 1. The van der Waals surface area contributed by atoms with Gasteiger partial charge < -0.3 is 9.84 Å². The van der Waals surface area contributed by atoms with Crippen LogP contribution < -0.4 is 0 Å². The second-order valence-electron chi connectivity index (χ2n) is 7.71. The zero-order chi connectivity index (χ0) is 18.8. The Bertz CT molecular complexity index is 1070. The first kappa shape index (κ1) is 16.8. The number of carboxylic acids is 1. The molecule has 136 valence electrons. The van der Waals surface area contributed by atoms with Gasteiger partial charge >= 0.3 is 5.97 Å². The Kier molecular flexibility index (Phi) is 3.52. The highest BCUT2D eigenvalue weighted by Gasteiger charge is 2.32. The summed E-state index contributed by atoms with van der Waals surface area (Å²) in [5, 5.41) is 22.8. The summed E-state index contributed by atoms with van der Waals surface area (Å²) in [6.07, 6.45) is 0.712. The number of aromatic nitrogens is 5. The molecular weight excluding hydrogens is 334 g/mol. The fourth-order valence-electron chi connectivity index (χ4n) is 3.60. The van der Waals surface area contributed by atoms with E-state index in [4.69, 9.17) is 9.72 Å². The van der Waals surface area contributed by atoms with Gasteiger partial charge in [-0.15, -0.1) is 15.3 Å². The highest BCUT2D eigenvalue weighted by atomic mass is 16.5. The van der Waals surface area contributed by atoms with E-state index in [9.17, 15) is 9.90 Å². The number of aryl methyl sites for hydroxylation is 1. The average molecular weight is 355 g/mol. The molecule has 1 aliphatic heterocycles. The number of ether oxygens (including phenoxy) is 1. The van der Waals surface area contributed by atoms with Gasteiger partial charge in [0.2, 0.25) is 0 Å². The van der Waals surface area contributed by atoms with E-state index in [1.165, 1.54) is 0 Å². The van der Waals surface area contributed by atoms with E-state index >= 15 is 0 Å². The molecule has 0 aliphatic carbocycles. The molecule has 1 aliphatic rings. The topological polar surface area (TPSA) is 102 Å². The summed E-state index contributed by atoms with van der Waals surface area (Å²) in [7, 11) is 0. The molecule has 4 rings (SSSR count). The van der Waals surface area contributed by atoms with Crippen LogP contribution in [0.1, 0.15) is 66.6 Å². The maximum atomic E-state index is 11.4. The van der Waals surface area contributed by atoms with Gasteiger partial charge in [-0.25, -0.2) is 14.3 Å². The Hall–Kier alpha value is -2.61. The lowest BCUT2D eigenvalue weighted by Crippen LogP contribution is -2.33. The van der Waals surface area contributed by atoms with E-state index in [1.807, 2.05) is 0 Å². The van der Waals surface area contributed by atoms with Crippen molar-refractivity contribution >= 4 is 22.6 Å². The summed E-state index contributed by atoms with van der Waals surface area (Å²) in [5.41, 5.74) is 4.33. The predicted molar refractivity (Wildman–Crippen MR) is 94.4 cm³/mol. The van der Waals surface area contributed by atoms with E-state index in [0.29, 0.717) is 30.0 Å². The fourth-order valence-corrected chi connectivity index (χ4v) is 3.60. The second kappa shape index (κ2) is 5.44. The normalized spacial score (nSPS) is 16.4. The Morgan fingerprint density at radius 1 is 1.27 bits per heavy atom. The molecular formula is C18H21N5O3. The first-order chi connectivity index (χ1) is 12.2. The van der Waals surface area contributed by atoms with Gasteiger partial charge in [-0.1, -0.05) is 13.8 Å². The van der Waals surface area contributed by atoms with Gasteiger partial charge in [0.25, 0.3) is 0 Å². The van der Waals surface area contributed by atoms with Crippen molar-refractivity contribution in [1.82, 2.24) is 24.8 Å². The third kappa shape index (κ3) is 2.36. The lowest BCUT2D eigenvalue weighted by atomic mass is 9.87. The van der Waals surface area contributed by atoms with E-state index in [-0.39, 0.29) is 17.2 Å². The second-order valence-corrected chi connectivity index (χ2v) is 7.71. The standard InChI is InChI=1S/C18H21N5O3/c1-8(2)13-11-7-26-18(4,5)6-10(11)12-15(19-13)22-23-9(3)14(17(24)25)20-21-16(12)23/h8H,6-7H2,1-5H3,(H,24,25). The van der Waals surface area contributed by atoms with E-state index in [1.54, 1.807) is 11.4 Å². The Balaban J connectivity index is 2.13. The van der Waals surface area contributed by atoms with Crippen LogP contribution in [0.5, 0.6) is 0 Å². The number of carbonyl (C=O) groups is 1. The summed E-state index contributed by atoms with van der Waals surface area (Å²) in [6.45, 7) is 10.5. The lowest BCUT2D eigenvalue weighted by molar-refractivity contribution is -0.0402. The smallest absolute Gasteiger partial charge is 0.358 e. The van der Waals surface area contributed by atoms with Crippen molar-refractivity contribution in [3.05, 3.63) is 28.2 Å². The van der Waals surface area contributed by atoms with Gasteiger partial charge in [0.05, 0.1) is 29.0 Å². The van der Waals surface area contributed by atoms with Crippen LogP contribution in [-0.4, -0.2) is 41.5 Å². The van der Waals surface area contributed by atoms with Crippen molar-refractivity contribution in [3.63, 3.8) is 0 Å². The highest BCUT2D eigenvalue weighted by Crippen LogP contribution is 2.37. The van der Waals surface area contributed by atoms with Crippen molar-refractivity contribution in [2.45, 2.75) is 59.2 Å². The first-order valence-corrected chi connectivity index (χ1v) is 8.64. The molecule has 8 heteroatoms. The lowest BCUT2D eigenvalue weighted by Gasteiger charge is -2.33. The van der Waals surface area contributed by atoms with Crippen LogP contribution in [0, 0.1) is 6.92 Å². The first-order valence-electron chi connectivity index (χ1n) is 8.64. The molecule has 0 radical (unpaired) electrons. The van der Waals surface area contributed by atoms with Gasteiger partial charge in [0, 0.05) is 12.0 Å². The van der Waals surface area contributed by atoms with Gasteiger partial charge in [-0.05, 0) is 32.3 Å². The van der Waals surface area contributed by atoms with E-state index < -0.39 is 5.97 Å². The third-order valence-electron chi connectivity index (χ3n) is 4.91. The van der Waals surface area contributed by atoms with E-state index in [0.717, 1.165) is 22.2 Å². The van der Waals surface area contributed by atoms with Gasteiger partial charge in [-0.3, -0.25) is 0 Å². The van der Waals surface area contributed by atoms with Crippen LogP contribution in [-0.2, 0) is 17.8 Å². The van der Waals surface area contributed by atoms with Crippen molar-refractivity contribution in [1.29, 1.82) is 0 Å². The molecule has 1 N–H and O–H groups in total. The maximum absolute atomic E-state index is 11.4. The molecule has 0 saturated carbocycles. The zero-order valence-electron chi connectivity index (χ0n) is 15.5. The minimum Gasteiger partial charge on any atom is -0.476 e. The van der Waals surface area contributed by atoms with Gasteiger partial charge in [-0.2, -0.15) is 0 Å². The number of hydrogen-bond acceptors (Lipinski definition) is 6. The van der Waals surface area contributed by atoms with Crippen LogP contribution in [0.3, 0.4) is 0 Å². The van der Waals surface area contributed by atoms with Crippen LogP contribution in [0.15, 0.2) is 0 Å². The van der Waals surface area contributed by atoms with Crippen molar-refractivity contribution in [3.8, 4) is 0 Å². The summed E-state index contributed by atoms with van der Waals surface area (Å²) in [5.74, 6) is -0.895. The van der Waals surface area contributed by atoms with E-state index in [2.05, 4.69) is 43.0 Å². The quantitative estimate of drug-likeness (QED) is 0.754. The van der Waals surface area contributed by atoms with Crippen LogP contribution in [0.25, 0.3) is 16.7 Å². The summed E-state index contributed by atoms with van der Waals surface area (Å²) < 4.78 is 7.56. The number of rotatable bonds is 2. The summed E-state index contributed by atoms with van der Waals surface area (Å²) in [4.78, 5) is 16.1. The molecule has 3 aromatic rings. The molecule has 0 atom stereocenters. The summed E-state index contributed by atoms with van der Waals surface area (Å²) >= 11 is 0. The molecule has 8 nitrogen and oxygen atoms in total. The minimum absolute atomic E-state index is 0.105. The maximum Gasteiger partial charge on any atom is 0.358 e. The molecule has 4 heterocycles. The average Bonchev–Trinajstić information content (AvgIpc) is 2.92. The highest BCUT2D eigenvalue weighted by molar-refractivity contribution is 5.95. The molecule has 26 heavy (non-hydrogen) atoms. The Morgan fingerprint density at radius 3 is 2.65 bits per heavy atom. The summed E-state index contributed by atoms with van der Waals surface area (Å²) in [6, 6.07) is 0. The molecule has 0 unspecified atom stereocenters. The van der Waals surface area contributed by atoms with Crippen LogP contribution >= 0.6 is 0 Å². The molecule has 0 amide bonds. The molecule has 0 bridgehead atoms. The number of hydrogen-bond donors (Lipinski definition) is 1. The predicted octanol–water partition coefficient (Wildman–Crippen LogP) is 2.65. The monoisotopic (exact) mass is 355 g/mol. The van der Waals surface area contributed by atoms with Crippen LogP contribution in [0.4, 0.5) is 0 Å². The van der Waals surface area contributed by atoms with Crippen molar-refractivity contribution < 1.29 is 14.6 Å². The Labute approximate surface area is 150 Å². The number of nitrogens with zero attached hydrogens (tertiary/aromatic N) is 5. The molecule has 3 aromatic heterocycles. The fraction of sp³-hybridized carbons (Fsp3) is 0.500. The Morgan fingerprint density at radius 2 is 2.00 bits per heavy atom. The molecule has 0 aromatic carbocycles. The number of carboxylic acid groups (broad SMARTS) is 1. The van der Waals surface area contributed by atoms with Gasteiger partial charge in [0.15, 0.2) is 17.0 Å². The van der Waals surface area contributed by atoms with Crippen molar-refractivity contribution in [2.24, 2.45) is 0 Å². The SMILES string of the molecule is Cc1c(C(=O)O)nnc2c3c4c(c(C(C)C)nc3nn12)COC(C)(C)C4. The molecule has 0 fully saturated rings.